The highest BCUT2D eigenvalue weighted by Gasteiger charge is 2.14. The van der Waals surface area contributed by atoms with E-state index in [1.807, 2.05) is 36.4 Å². The van der Waals surface area contributed by atoms with Crippen LogP contribution in [0.15, 0.2) is 84.9 Å². The third kappa shape index (κ3) is 8.02. The minimum Gasteiger partial charge on any atom is -0.490 e. The number of anilines is 1. The molecule has 3 aromatic carbocycles. The number of hydrogen-bond donors (Lipinski definition) is 3. The predicted molar refractivity (Wildman–Crippen MR) is 124 cm³/mol. The Bertz CT molecular complexity index is 1060. The third-order valence-electron chi connectivity index (χ3n) is 4.44. The summed E-state index contributed by atoms with van der Waals surface area (Å²) >= 11 is 0. The van der Waals surface area contributed by atoms with E-state index < -0.39 is 11.8 Å². The second-order valence-corrected chi connectivity index (χ2v) is 6.92. The summed E-state index contributed by atoms with van der Waals surface area (Å²) in [5.41, 5.74) is 5.58. The number of hydrazine groups is 1. The lowest BCUT2D eigenvalue weighted by molar-refractivity contribution is -0.124. The van der Waals surface area contributed by atoms with E-state index in [0.29, 0.717) is 18.0 Å². The maximum Gasteiger partial charge on any atom is 0.273 e. The summed E-state index contributed by atoms with van der Waals surface area (Å²) in [6, 6.07) is 25.0. The summed E-state index contributed by atoms with van der Waals surface area (Å²) in [4.78, 5) is 36.4. The molecule has 0 fully saturated rings. The average molecular weight is 447 g/mol. The lowest BCUT2D eigenvalue weighted by atomic mass is 10.2. The fourth-order valence-electron chi connectivity index (χ4n) is 2.84. The van der Waals surface area contributed by atoms with Gasteiger partial charge in [-0.3, -0.25) is 25.2 Å². The van der Waals surface area contributed by atoms with Gasteiger partial charge in [-0.25, -0.2) is 0 Å². The normalized spacial score (nSPS) is 10.1. The Kier molecular flexibility index (Phi) is 8.84. The molecular weight excluding hydrogens is 422 g/mol. The predicted octanol–water partition coefficient (Wildman–Crippen LogP) is 3.32. The highest BCUT2D eigenvalue weighted by Crippen LogP contribution is 2.18. The summed E-state index contributed by atoms with van der Waals surface area (Å²) in [5, 5.41) is 2.70. The molecule has 0 aromatic heterocycles. The number of carbonyl (C=O) groups excluding carboxylic acids is 3. The molecule has 0 saturated carbocycles. The number of rotatable bonds is 10. The van der Waals surface area contributed by atoms with Gasteiger partial charge in [0.25, 0.3) is 5.91 Å². The zero-order chi connectivity index (χ0) is 23.3. The van der Waals surface area contributed by atoms with Gasteiger partial charge < -0.3 is 14.8 Å². The summed E-state index contributed by atoms with van der Waals surface area (Å²) in [6.07, 6.45) is -0.0916. The van der Waals surface area contributed by atoms with Crippen LogP contribution in [0.1, 0.15) is 23.2 Å². The van der Waals surface area contributed by atoms with Gasteiger partial charge in [0.05, 0.1) is 5.56 Å². The van der Waals surface area contributed by atoms with E-state index in [-0.39, 0.29) is 30.9 Å². The van der Waals surface area contributed by atoms with Crippen molar-refractivity contribution in [1.29, 1.82) is 0 Å². The van der Waals surface area contributed by atoms with Gasteiger partial charge in [0.15, 0.2) is 0 Å². The summed E-state index contributed by atoms with van der Waals surface area (Å²) in [7, 11) is 0. The topological polar surface area (TPSA) is 106 Å². The van der Waals surface area contributed by atoms with Crippen molar-refractivity contribution >= 4 is 23.4 Å². The average Bonchev–Trinajstić information content (AvgIpc) is 2.85. The second-order valence-electron chi connectivity index (χ2n) is 6.92. The quantitative estimate of drug-likeness (QED) is 0.327. The van der Waals surface area contributed by atoms with E-state index >= 15 is 0 Å². The van der Waals surface area contributed by atoms with Crippen LogP contribution in [0, 0.1) is 0 Å². The van der Waals surface area contributed by atoms with Gasteiger partial charge in [-0.1, -0.05) is 48.5 Å². The molecule has 0 heterocycles. The Morgan fingerprint density at radius 1 is 0.636 bits per heavy atom. The Balaban J connectivity index is 1.40. The number of amides is 3. The molecule has 3 aromatic rings. The third-order valence-corrected chi connectivity index (χ3v) is 4.44. The Morgan fingerprint density at radius 3 is 2.00 bits per heavy atom. The van der Waals surface area contributed by atoms with Crippen molar-refractivity contribution in [3.8, 4) is 11.5 Å². The molecule has 0 atom stereocenters. The van der Waals surface area contributed by atoms with Crippen LogP contribution in [0.3, 0.4) is 0 Å². The largest absolute Gasteiger partial charge is 0.490 e. The van der Waals surface area contributed by atoms with E-state index in [2.05, 4.69) is 16.2 Å². The van der Waals surface area contributed by atoms with Crippen LogP contribution in [0.25, 0.3) is 0 Å². The molecule has 3 N–H and O–H groups in total. The molecule has 0 aliphatic carbocycles. The number of carbonyl (C=O) groups is 3. The van der Waals surface area contributed by atoms with E-state index in [4.69, 9.17) is 9.47 Å². The van der Waals surface area contributed by atoms with E-state index in [1.54, 1.807) is 48.5 Å². The lowest BCUT2D eigenvalue weighted by Crippen LogP contribution is -2.42. The molecule has 3 amide bonds. The van der Waals surface area contributed by atoms with Gasteiger partial charge in [-0.05, 0) is 36.4 Å². The van der Waals surface area contributed by atoms with Crippen LogP contribution in [0.2, 0.25) is 0 Å². The van der Waals surface area contributed by atoms with Crippen LogP contribution < -0.4 is 25.6 Å². The summed E-state index contributed by atoms with van der Waals surface area (Å²) in [5.74, 6) is -0.215. The molecule has 0 aliphatic heterocycles. The van der Waals surface area contributed by atoms with Gasteiger partial charge >= 0.3 is 0 Å². The molecule has 0 unspecified atom stereocenters. The molecule has 170 valence electrons. The summed E-state index contributed by atoms with van der Waals surface area (Å²) < 4.78 is 11.2. The second kappa shape index (κ2) is 12.5. The zero-order valence-electron chi connectivity index (χ0n) is 18.0. The van der Waals surface area contributed by atoms with Crippen molar-refractivity contribution in [2.75, 3.05) is 18.5 Å². The van der Waals surface area contributed by atoms with Crippen molar-refractivity contribution in [2.45, 2.75) is 12.8 Å². The zero-order valence-corrected chi connectivity index (χ0v) is 18.0. The molecule has 0 saturated heterocycles. The van der Waals surface area contributed by atoms with E-state index in [9.17, 15) is 14.4 Å². The summed E-state index contributed by atoms with van der Waals surface area (Å²) in [6.45, 7) is 0.545. The highest BCUT2D eigenvalue weighted by atomic mass is 16.5. The maximum atomic E-state index is 12.5. The molecule has 0 radical (unpaired) electrons. The number of ether oxygens (including phenoxy) is 2. The van der Waals surface area contributed by atoms with Gasteiger partial charge in [-0.15, -0.1) is 0 Å². The van der Waals surface area contributed by atoms with Gasteiger partial charge in [0.2, 0.25) is 11.8 Å². The first kappa shape index (κ1) is 23.3. The SMILES string of the molecule is O=C(CCC(=O)Nc1ccccc1)NNC(=O)c1ccccc1OCCOc1ccccc1. The molecule has 0 bridgehead atoms. The van der Waals surface area contributed by atoms with Gasteiger partial charge in [0.1, 0.15) is 24.7 Å². The van der Waals surface area contributed by atoms with Crippen LogP contribution in [-0.4, -0.2) is 30.9 Å². The number of nitrogens with one attached hydrogen (secondary N) is 3. The van der Waals surface area contributed by atoms with Crippen molar-refractivity contribution in [3.63, 3.8) is 0 Å². The minimum atomic E-state index is -0.531. The first-order chi connectivity index (χ1) is 16.1. The smallest absolute Gasteiger partial charge is 0.273 e. The molecular formula is C25H25N3O5. The first-order valence-electron chi connectivity index (χ1n) is 10.5. The van der Waals surface area contributed by atoms with Crippen LogP contribution in [-0.2, 0) is 9.59 Å². The van der Waals surface area contributed by atoms with Crippen LogP contribution in [0.4, 0.5) is 5.69 Å². The van der Waals surface area contributed by atoms with Crippen LogP contribution >= 0.6 is 0 Å². The van der Waals surface area contributed by atoms with Crippen molar-refractivity contribution in [2.24, 2.45) is 0 Å². The highest BCUT2D eigenvalue weighted by molar-refractivity contribution is 5.98. The van der Waals surface area contributed by atoms with E-state index in [0.717, 1.165) is 5.75 Å². The lowest BCUT2D eigenvalue weighted by Gasteiger charge is -2.13. The Hall–Kier alpha value is -4.33. The fraction of sp³-hybridized carbons (Fsp3) is 0.160. The van der Waals surface area contributed by atoms with Crippen molar-refractivity contribution < 1.29 is 23.9 Å². The molecule has 33 heavy (non-hydrogen) atoms. The minimum absolute atomic E-state index is 0.0162. The molecule has 3 rings (SSSR count). The van der Waals surface area contributed by atoms with Crippen molar-refractivity contribution in [1.82, 2.24) is 10.9 Å². The van der Waals surface area contributed by atoms with Crippen molar-refractivity contribution in [3.05, 3.63) is 90.5 Å². The molecule has 0 spiro atoms. The van der Waals surface area contributed by atoms with Gasteiger partial charge in [-0.2, -0.15) is 0 Å². The Labute approximate surface area is 191 Å². The first-order valence-corrected chi connectivity index (χ1v) is 10.5. The number of para-hydroxylation sites is 3. The van der Waals surface area contributed by atoms with E-state index in [1.165, 1.54) is 0 Å². The maximum absolute atomic E-state index is 12.5. The Morgan fingerprint density at radius 2 is 1.24 bits per heavy atom. The van der Waals surface area contributed by atoms with Gasteiger partial charge in [0, 0.05) is 18.5 Å². The molecule has 8 nitrogen and oxygen atoms in total. The van der Waals surface area contributed by atoms with Crippen LogP contribution in [0.5, 0.6) is 11.5 Å². The number of hydrogen-bond acceptors (Lipinski definition) is 5. The molecule has 8 heteroatoms. The number of benzene rings is 3. The molecule has 0 aliphatic rings. The fourth-order valence-corrected chi connectivity index (χ4v) is 2.84. The monoisotopic (exact) mass is 447 g/mol. The standard InChI is InChI=1S/C25H25N3O5/c29-23(26-19-9-3-1-4-10-19)15-16-24(30)27-28-25(31)21-13-7-8-14-22(21)33-18-17-32-20-11-5-2-6-12-20/h1-14H,15-18H2,(H,26,29)(H,27,30)(H,28,31).